The summed E-state index contributed by atoms with van der Waals surface area (Å²) in [6.45, 7) is 7.18. The molecule has 0 spiro atoms. The summed E-state index contributed by atoms with van der Waals surface area (Å²) in [4.78, 5) is 0. The fourth-order valence-electron chi connectivity index (χ4n) is 1.66. The third-order valence-electron chi connectivity index (χ3n) is 2.63. The Balaban J connectivity index is 2.55. The first kappa shape index (κ1) is 15.2. The second-order valence-electron chi connectivity index (χ2n) is 4.73. The van der Waals surface area contributed by atoms with Gasteiger partial charge in [0, 0.05) is 24.5 Å². The number of sulfone groups is 1. The van der Waals surface area contributed by atoms with Crippen molar-refractivity contribution in [2.75, 3.05) is 11.5 Å². The van der Waals surface area contributed by atoms with Crippen LogP contribution in [-0.2, 0) is 22.9 Å². The summed E-state index contributed by atoms with van der Waals surface area (Å²) in [6.07, 6.45) is 2.38. The maximum atomic E-state index is 11.6. The molecule has 18 heavy (non-hydrogen) atoms. The molecule has 1 heterocycles. The van der Waals surface area contributed by atoms with E-state index in [9.17, 15) is 8.42 Å². The summed E-state index contributed by atoms with van der Waals surface area (Å²) in [5.74, 6) is 0.422. The monoisotopic (exact) mass is 273 g/mol. The molecular formula is C12H23N3O2S. The minimum atomic E-state index is -2.94. The molecule has 0 amide bonds. The predicted molar refractivity (Wildman–Crippen MR) is 73.1 cm³/mol. The van der Waals surface area contributed by atoms with Gasteiger partial charge >= 0.3 is 0 Å². The maximum Gasteiger partial charge on any atom is 0.152 e. The van der Waals surface area contributed by atoms with Crippen LogP contribution in [0, 0.1) is 0 Å². The summed E-state index contributed by atoms with van der Waals surface area (Å²) >= 11 is 0. The molecule has 0 aliphatic rings. The van der Waals surface area contributed by atoms with Crippen molar-refractivity contribution in [2.24, 2.45) is 0 Å². The van der Waals surface area contributed by atoms with Crippen LogP contribution in [0.15, 0.2) is 12.3 Å². The Hall–Kier alpha value is -0.880. The van der Waals surface area contributed by atoms with Gasteiger partial charge in [0.1, 0.15) is 0 Å². The molecule has 1 aromatic rings. The molecule has 1 N–H and O–H groups in total. The molecule has 6 heteroatoms. The van der Waals surface area contributed by atoms with E-state index >= 15 is 0 Å². The van der Waals surface area contributed by atoms with Crippen molar-refractivity contribution in [3.8, 4) is 0 Å². The van der Waals surface area contributed by atoms with E-state index in [4.69, 9.17) is 0 Å². The molecule has 0 aromatic carbocycles. The molecule has 104 valence electrons. The third kappa shape index (κ3) is 5.18. The van der Waals surface area contributed by atoms with Gasteiger partial charge in [-0.25, -0.2) is 8.42 Å². The lowest BCUT2D eigenvalue weighted by Gasteiger charge is -2.10. The average molecular weight is 273 g/mol. The lowest BCUT2D eigenvalue weighted by atomic mass is 10.3. The van der Waals surface area contributed by atoms with E-state index in [1.54, 1.807) is 10.9 Å². The molecule has 1 rings (SSSR count). The summed E-state index contributed by atoms with van der Waals surface area (Å²) in [5.41, 5.74) is 1.02. The zero-order chi connectivity index (χ0) is 13.6. The van der Waals surface area contributed by atoms with Gasteiger partial charge in [0.05, 0.1) is 18.0 Å². The predicted octanol–water partition coefficient (Wildman–Crippen LogP) is 1.21. The van der Waals surface area contributed by atoms with E-state index in [1.165, 1.54) is 0 Å². The molecule has 0 atom stereocenters. The Kier molecular flexibility index (Phi) is 5.81. The number of aryl methyl sites for hydroxylation is 1. The van der Waals surface area contributed by atoms with Gasteiger partial charge in [-0.1, -0.05) is 20.8 Å². The molecule has 0 saturated carbocycles. The van der Waals surface area contributed by atoms with Crippen LogP contribution in [0.3, 0.4) is 0 Å². The van der Waals surface area contributed by atoms with Gasteiger partial charge < -0.3 is 5.32 Å². The van der Waals surface area contributed by atoms with E-state index in [1.807, 2.05) is 13.0 Å². The number of nitrogens with zero attached hydrogens (tertiary/aromatic N) is 2. The largest absolute Gasteiger partial charge is 0.309 e. The van der Waals surface area contributed by atoms with Crippen molar-refractivity contribution in [1.29, 1.82) is 0 Å². The minimum absolute atomic E-state index is 0.164. The number of aromatic nitrogens is 2. The summed E-state index contributed by atoms with van der Waals surface area (Å²) in [7, 11) is -2.94. The Morgan fingerprint density at radius 3 is 2.72 bits per heavy atom. The van der Waals surface area contributed by atoms with Crippen LogP contribution >= 0.6 is 0 Å². The van der Waals surface area contributed by atoms with Crippen LogP contribution in [0.1, 0.15) is 32.9 Å². The van der Waals surface area contributed by atoms with Gasteiger partial charge in [0.25, 0.3) is 0 Å². The number of hydrogen-bond donors (Lipinski definition) is 1. The Bertz CT molecular complexity index is 452. The van der Waals surface area contributed by atoms with Crippen molar-refractivity contribution >= 4 is 9.84 Å². The molecular weight excluding hydrogens is 250 g/mol. The molecule has 0 bridgehead atoms. The molecule has 0 unspecified atom stereocenters. The second-order valence-corrected chi connectivity index (χ2v) is 7.04. The summed E-state index contributed by atoms with van der Waals surface area (Å²) in [6, 6.07) is 2.32. The fraction of sp³-hybridized carbons (Fsp3) is 0.750. The zero-order valence-corrected chi connectivity index (χ0v) is 12.2. The second kappa shape index (κ2) is 6.89. The van der Waals surface area contributed by atoms with Crippen molar-refractivity contribution < 1.29 is 8.42 Å². The van der Waals surface area contributed by atoms with Crippen LogP contribution in [0.5, 0.6) is 0 Å². The highest BCUT2D eigenvalue weighted by Gasteiger charge is 2.11. The third-order valence-corrected chi connectivity index (χ3v) is 4.46. The van der Waals surface area contributed by atoms with Crippen LogP contribution in [0.2, 0.25) is 0 Å². The van der Waals surface area contributed by atoms with Crippen LogP contribution < -0.4 is 5.32 Å². The SMILES string of the molecule is CCCS(=O)(=O)CCn1nccc1CNC(C)C. The number of nitrogens with one attached hydrogen (secondary N) is 1. The normalized spacial score (nSPS) is 12.2. The minimum Gasteiger partial charge on any atom is -0.309 e. The average Bonchev–Trinajstić information content (AvgIpc) is 2.71. The Morgan fingerprint density at radius 1 is 1.39 bits per heavy atom. The van der Waals surface area contributed by atoms with E-state index in [0.29, 0.717) is 25.6 Å². The molecule has 1 aromatic heterocycles. The van der Waals surface area contributed by atoms with E-state index < -0.39 is 9.84 Å². The van der Waals surface area contributed by atoms with Gasteiger partial charge in [0.15, 0.2) is 9.84 Å². The van der Waals surface area contributed by atoms with Gasteiger partial charge in [0.2, 0.25) is 0 Å². The van der Waals surface area contributed by atoms with Crippen LogP contribution in [0.4, 0.5) is 0 Å². The molecule has 0 radical (unpaired) electrons. The highest BCUT2D eigenvalue weighted by molar-refractivity contribution is 7.91. The smallest absolute Gasteiger partial charge is 0.152 e. The van der Waals surface area contributed by atoms with E-state index in [0.717, 1.165) is 5.69 Å². The fourth-order valence-corrected chi connectivity index (χ4v) is 2.94. The van der Waals surface area contributed by atoms with Gasteiger partial charge in [-0.05, 0) is 12.5 Å². The molecule has 5 nitrogen and oxygen atoms in total. The van der Waals surface area contributed by atoms with Crippen molar-refractivity contribution in [3.05, 3.63) is 18.0 Å². The van der Waals surface area contributed by atoms with Crippen molar-refractivity contribution in [2.45, 2.75) is 46.3 Å². The number of hydrogen-bond acceptors (Lipinski definition) is 4. The van der Waals surface area contributed by atoms with Crippen LogP contribution in [0.25, 0.3) is 0 Å². The highest BCUT2D eigenvalue weighted by Crippen LogP contribution is 2.02. The van der Waals surface area contributed by atoms with E-state index in [-0.39, 0.29) is 11.5 Å². The first-order valence-corrected chi connectivity index (χ1v) is 8.21. The van der Waals surface area contributed by atoms with Crippen LogP contribution in [-0.4, -0.2) is 35.7 Å². The standard InChI is InChI=1S/C12H23N3O2S/c1-4-8-18(16,17)9-7-15-12(5-6-14-15)10-13-11(2)3/h5-6,11,13H,4,7-10H2,1-3H3. The first-order chi connectivity index (χ1) is 8.44. The lowest BCUT2D eigenvalue weighted by molar-refractivity contribution is 0.535. The van der Waals surface area contributed by atoms with Crippen molar-refractivity contribution in [3.63, 3.8) is 0 Å². The van der Waals surface area contributed by atoms with Gasteiger partial charge in [-0.2, -0.15) is 5.10 Å². The van der Waals surface area contributed by atoms with E-state index in [2.05, 4.69) is 24.3 Å². The van der Waals surface area contributed by atoms with Gasteiger partial charge in [-0.3, -0.25) is 4.68 Å². The maximum absolute atomic E-state index is 11.6. The molecule has 0 aliphatic heterocycles. The number of rotatable bonds is 8. The van der Waals surface area contributed by atoms with Crippen molar-refractivity contribution in [1.82, 2.24) is 15.1 Å². The highest BCUT2D eigenvalue weighted by atomic mass is 32.2. The molecule has 0 saturated heterocycles. The molecule has 0 fully saturated rings. The quantitative estimate of drug-likeness (QED) is 0.773. The van der Waals surface area contributed by atoms with Gasteiger partial charge in [-0.15, -0.1) is 0 Å². The molecule has 0 aliphatic carbocycles. The summed E-state index contributed by atoms with van der Waals surface area (Å²) < 4.78 is 25.1. The summed E-state index contributed by atoms with van der Waals surface area (Å²) in [5, 5.41) is 7.47. The topological polar surface area (TPSA) is 64.0 Å². The Morgan fingerprint density at radius 2 is 2.11 bits per heavy atom. The first-order valence-electron chi connectivity index (χ1n) is 6.39. The zero-order valence-electron chi connectivity index (χ0n) is 11.4. The lowest BCUT2D eigenvalue weighted by Crippen LogP contribution is -2.25. The Labute approximate surface area is 109 Å².